The minimum Gasteiger partial charge on any atom is -0.442 e. The topological polar surface area (TPSA) is 71.3 Å². The van der Waals surface area contributed by atoms with Gasteiger partial charge in [-0.25, -0.2) is 9.97 Å². The van der Waals surface area contributed by atoms with Crippen molar-refractivity contribution in [3.63, 3.8) is 0 Å². The zero-order valence-electron chi connectivity index (χ0n) is 17.0. The average Bonchev–Trinajstić information content (AvgIpc) is 3.29. The first-order chi connectivity index (χ1) is 13.3. The number of nitrogens with one attached hydrogen (secondary N) is 1. The lowest BCUT2D eigenvalue weighted by atomic mass is 10.0. The Labute approximate surface area is 165 Å². The summed E-state index contributed by atoms with van der Waals surface area (Å²) in [6, 6.07) is 8.19. The van der Waals surface area contributed by atoms with Crippen LogP contribution in [0.4, 0.5) is 5.82 Å². The number of nitrogens with zero attached hydrogens (tertiary/aromatic N) is 3. The Morgan fingerprint density at radius 1 is 1.21 bits per heavy atom. The lowest BCUT2D eigenvalue weighted by Gasteiger charge is -2.25. The molecule has 1 aliphatic carbocycles. The maximum absolute atomic E-state index is 13.4. The van der Waals surface area contributed by atoms with Gasteiger partial charge in [0.1, 0.15) is 17.9 Å². The number of hydrogen-bond acceptors (Lipinski definition) is 5. The van der Waals surface area contributed by atoms with Crippen molar-refractivity contribution in [1.29, 1.82) is 0 Å². The van der Waals surface area contributed by atoms with Crippen LogP contribution in [-0.4, -0.2) is 33.4 Å². The normalized spacial score (nSPS) is 16.0. The fraction of sp³-hybridized carbons (Fsp3) is 0.409. The summed E-state index contributed by atoms with van der Waals surface area (Å²) in [5.41, 5.74) is 3.30. The zero-order chi connectivity index (χ0) is 20.1. The standard InChI is InChI=1S/C22H26N4O2/c1-13-6-8-16(9-7-13)14(2)26(5)21(27)17-15(3)28-20-18(17)19(23-12-24-20)25-22(4)10-11-22/h6-9,12,14H,10-11H2,1-5H3,(H,23,24,25). The first-order valence-electron chi connectivity index (χ1n) is 9.65. The molecule has 3 aromatic rings. The van der Waals surface area contributed by atoms with Gasteiger partial charge in [0, 0.05) is 12.6 Å². The Bertz CT molecular complexity index is 1030. The molecular formula is C22H26N4O2. The second-order valence-electron chi connectivity index (χ2n) is 8.12. The molecule has 0 aliphatic heterocycles. The van der Waals surface area contributed by atoms with Crippen LogP contribution in [-0.2, 0) is 0 Å². The molecule has 146 valence electrons. The summed E-state index contributed by atoms with van der Waals surface area (Å²) in [5.74, 6) is 1.14. The highest BCUT2D eigenvalue weighted by atomic mass is 16.3. The number of amides is 1. The van der Waals surface area contributed by atoms with E-state index in [-0.39, 0.29) is 17.5 Å². The van der Waals surface area contributed by atoms with Gasteiger partial charge in [0.25, 0.3) is 5.91 Å². The van der Waals surface area contributed by atoms with Gasteiger partial charge in [-0.2, -0.15) is 0 Å². The highest BCUT2D eigenvalue weighted by molar-refractivity contribution is 6.10. The monoisotopic (exact) mass is 378 g/mol. The van der Waals surface area contributed by atoms with E-state index in [9.17, 15) is 4.79 Å². The number of fused-ring (bicyclic) bond motifs is 1. The van der Waals surface area contributed by atoms with Crippen LogP contribution in [0, 0.1) is 13.8 Å². The minimum atomic E-state index is -0.0943. The van der Waals surface area contributed by atoms with Gasteiger partial charge in [-0.15, -0.1) is 0 Å². The maximum Gasteiger partial charge on any atom is 0.258 e. The molecule has 1 aromatic carbocycles. The average molecular weight is 378 g/mol. The Balaban J connectivity index is 1.72. The molecule has 1 aliphatic rings. The third kappa shape index (κ3) is 3.23. The van der Waals surface area contributed by atoms with E-state index in [1.54, 1.807) is 4.90 Å². The molecule has 6 nitrogen and oxygen atoms in total. The minimum absolute atomic E-state index is 0.0356. The SMILES string of the molecule is Cc1ccc(C(C)N(C)C(=O)c2c(C)oc3ncnc(NC4(C)CC4)c23)cc1. The molecule has 0 saturated heterocycles. The number of furan rings is 1. The number of aryl methyl sites for hydroxylation is 2. The molecule has 28 heavy (non-hydrogen) atoms. The highest BCUT2D eigenvalue weighted by Crippen LogP contribution is 2.40. The molecule has 1 N–H and O–H groups in total. The van der Waals surface area contributed by atoms with E-state index in [1.807, 2.05) is 20.9 Å². The molecule has 1 unspecified atom stereocenters. The third-order valence-electron chi connectivity index (χ3n) is 5.76. The van der Waals surface area contributed by atoms with Gasteiger partial charge in [-0.05, 0) is 46.1 Å². The fourth-order valence-corrected chi connectivity index (χ4v) is 3.42. The lowest BCUT2D eigenvalue weighted by Crippen LogP contribution is -2.30. The summed E-state index contributed by atoms with van der Waals surface area (Å²) in [4.78, 5) is 23.8. The van der Waals surface area contributed by atoms with Crippen molar-refractivity contribution in [2.45, 2.75) is 52.1 Å². The molecule has 2 aromatic heterocycles. The van der Waals surface area contributed by atoms with E-state index >= 15 is 0 Å². The van der Waals surface area contributed by atoms with Crippen molar-refractivity contribution >= 4 is 22.8 Å². The number of carbonyl (C=O) groups is 1. The van der Waals surface area contributed by atoms with Gasteiger partial charge in [-0.1, -0.05) is 29.8 Å². The molecule has 1 atom stereocenters. The van der Waals surface area contributed by atoms with E-state index in [2.05, 4.69) is 53.4 Å². The number of benzene rings is 1. The number of aromatic nitrogens is 2. The Morgan fingerprint density at radius 3 is 2.54 bits per heavy atom. The molecule has 6 heteroatoms. The number of anilines is 1. The van der Waals surface area contributed by atoms with E-state index in [1.165, 1.54) is 11.9 Å². The Kier molecular flexibility index (Phi) is 4.37. The van der Waals surface area contributed by atoms with Crippen molar-refractivity contribution in [3.05, 3.63) is 53.0 Å². The molecule has 0 radical (unpaired) electrons. The van der Waals surface area contributed by atoms with E-state index in [0.29, 0.717) is 28.2 Å². The Morgan fingerprint density at radius 2 is 1.89 bits per heavy atom. The fourth-order valence-electron chi connectivity index (χ4n) is 3.42. The molecule has 1 amide bonds. The third-order valence-corrected chi connectivity index (χ3v) is 5.76. The summed E-state index contributed by atoms with van der Waals surface area (Å²) in [7, 11) is 1.82. The van der Waals surface area contributed by atoms with Gasteiger partial charge in [0.2, 0.25) is 5.71 Å². The smallest absolute Gasteiger partial charge is 0.258 e. The van der Waals surface area contributed by atoms with Crippen LogP contribution in [0.3, 0.4) is 0 Å². The van der Waals surface area contributed by atoms with E-state index < -0.39 is 0 Å². The second kappa shape index (κ2) is 6.62. The summed E-state index contributed by atoms with van der Waals surface area (Å²) in [6.07, 6.45) is 3.65. The lowest BCUT2D eigenvalue weighted by molar-refractivity contribution is 0.0742. The van der Waals surface area contributed by atoms with Crippen LogP contribution in [0.5, 0.6) is 0 Å². The van der Waals surface area contributed by atoms with Gasteiger partial charge in [0.15, 0.2) is 0 Å². The number of rotatable bonds is 5. The van der Waals surface area contributed by atoms with Crippen molar-refractivity contribution in [2.24, 2.45) is 0 Å². The van der Waals surface area contributed by atoms with Gasteiger partial charge in [-0.3, -0.25) is 4.79 Å². The summed E-state index contributed by atoms with van der Waals surface area (Å²) < 4.78 is 5.81. The van der Waals surface area contributed by atoms with Crippen molar-refractivity contribution in [3.8, 4) is 0 Å². The molecule has 1 fully saturated rings. The molecule has 0 bridgehead atoms. The summed E-state index contributed by atoms with van der Waals surface area (Å²) in [6.45, 7) is 8.04. The van der Waals surface area contributed by atoms with E-state index in [0.717, 1.165) is 18.4 Å². The predicted molar refractivity (Wildman–Crippen MR) is 109 cm³/mol. The van der Waals surface area contributed by atoms with Crippen LogP contribution in [0.25, 0.3) is 11.1 Å². The quantitative estimate of drug-likeness (QED) is 0.700. The summed E-state index contributed by atoms with van der Waals surface area (Å²) >= 11 is 0. The first kappa shape index (κ1) is 18.5. The highest BCUT2D eigenvalue weighted by Gasteiger charge is 2.39. The van der Waals surface area contributed by atoms with Crippen molar-refractivity contribution in [2.75, 3.05) is 12.4 Å². The number of hydrogen-bond donors (Lipinski definition) is 1. The first-order valence-corrected chi connectivity index (χ1v) is 9.65. The van der Waals surface area contributed by atoms with Crippen molar-refractivity contribution < 1.29 is 9.21 Å². The predicted octanol–water partition coefficient (Wildman–Crippen LogP) is 4.64. The van der Waals surface area contributed by atoms with Crippen LogP contribution >= 0.6 is 0 Å². The van der Waals surface area contributed by atoms with Crippen LogP contribution in [0.1, 0.15) is 60.0 Å². The summed E-state index contributed by atoms with van der Waals surface area (Å²) in [5, 5.41) is 4.14. The molecule has 2 heterocycles. The molecule has 0 spiro atoms. The Hall–Kier alpha value is -2.89. The van der Waals surface area contributed by atoms with Crippen LogP contribution in [0.2, 0.25) is 0 Å². The van der Waals surface area contributed by atoms with E-state index in [4.69, 9.17) is 4.42 Å². The maximum atomic E-state index is 13.4. The second-order valence-corrected chi connectivity index (χ2v) is 8.12. The van der Waals surface area contributed by atoms with Gasteiger partial charge in [0.05, 0.1) is 17.0 Å². The van der Waals surface area contributed by atoms with Gasteiger partial charge >= 0.3 is 0 Å². The molecular weight excluding hydrogens is 352 g/mol. The van der Waals surface area contributed by atoms with Gasteiger partial charge < -0.3 is 14.6 Å². The molecule has 4 rings (SSSR count). The molecule has 1 saturated carbocycles. The number of carbonyl (C=O) groups excluding carboxylic acids is 1. The zero-order valence-corrected chi connectivity index (χ0v) is 17.0. The van der Waals surface area contributed by atoms with Crippen LogP contribution in [0.15, 0.2) is 35.0 Å². The van der Waals surface area contributed by atoms with Crippen LogP contribution < -0.4 is 5.32 Å². The van der Waals surface area contributed by atoms with Crippen molar-refractivity contribution in [1.82, 2.24) is 14.9 Å². The largest absolute Gasteiger partial charge is 0.442 e.